The Labute approximate surface area is 267 Å². The molecule has 1 amide bonds. The number of nitrogens with zero attached hydrogens (tertiary/aromatic N) is 2. The molecule has 45 heavy (non-hydrogen) atoms. The number of aromatic hydroxyl groups is 1. The lowest BCUT2D eigenvalue weighted by atomic mass is 9.84. The van der Waals surface area contributed by atoms with E-state index in [-0.39, 0.29) is 33.3 Å². The molecule has 9 nitrogen and oxygen atoms in total. The van der Waals surface area contributed by atoms with Crippen molar-refractivity contribution < 1.29 is 28.6 Å². The number of oxazole rings is 1. The highest BCUT2D eigenvalue weighted by molar-refractivity contribution is 6.31. The van der Waals surface area contributed by atoms with Gasteiger partial charge in [0.25, 0.3) is 12.4 Å². The summed E-state index contributed by atoms with van der Waals surface area (Å²) in [6.07, 6.45) is 1.23. The molecular formula is C35H36ClN3O6. The summed E-state index contributed by atoms with van der Waals surface area (Å²) >= 11 is 6.99. The summed E-state index contributed by atoms with van der Waals surface area (Å²) in [6, 6.07) is 18.7. The fourth-order valence-electron chi connectivity index (χ4n) is 5.32. The van der Waals surface area contributed by atoms with E-state index in [1.165, 1.54) is 11.0 Å². The number of carbonyl (C=O) groups excluding carboxylic acids is 2. The van der Waals surface area contributed by atoms with Crippen molar-refractivity contribution in [3.8, 4) is 11.5 Å². The molecule has 3 aromatic carbocycles. The van der Waals surface area contributed by atoms with Gasteiger partial charge in [0, 0.05) is 17.5 Å². The summed E-state index contributed by atoms with van der Waals surface area (Å²) in [5, 5.41) is 14.7. The average molecular weight is 630 g/mol. The first-order valence-electron chi connectivity index (χ1n) is 14.7. The molecule has 0 saturated carbocycles. The van der Waals surface area contributed by atoms with E-state index >= 15 is 0 Å². The van der Waals surface area contributed by atoms with Gasteiger partial charge in [0.2, 0.25) is 0 Å². The number of aromatic nitrogens is 1. The zero-order valence-electron chi connectivity index (χ0n) is 25.9. The number of anilines is 2. The van der Waals surface area contributed by atoms with Gasteiger partial charge in [-0.3, -0.25) is 14.5 Å². The molecule has 0 radical (unpaired) electrons. The van der Waals surface area contributed by atoms with Gasteiger partial charge >= 0.3 is 0 Å². The first kappa shape index (κ1) is 31.7. The molecule has 0 fully saturated rings. The quantitative estimate of drug-likeness (QED) is 0.133. The second-order valence-electron chi connectivity index (χ2n) is 11.7. The normalized spacial score (nSPS) is 14.8. The number of aryl methyl sites for hydroxylation is 2. The van der Waals surface area contributed by atoms with E-state index in [4.69, 9.17) is 25.5 Å². The van der Waals surface area contributed by atoms with E-state index in [1.54, 1.807) is 44.2 Å². The van der Waals surface area contributed by atoms with Gasteiger partial charge in [-0.1, -0.05) is 81.3 Å². The lowest BCUT2D eigenvalue weighted by molar-refractivity contribution is -0.125. The largest absolute Gasteiger partial charge is 0.506 e. The van der Waals surface area contributed by atoms with Gasteiger partial charge in [0.05, 0.1) is 11.4 Å². The maximum Gasteiger partial charge on any atom is 0.298 e. The van der Waals surface area contributed by atoms with Crippen LogP contribution in [-0.2, 0) is 16.1 Å². The fourth-order valence-corrected chi connectivity index (χ4v) is 5.60. The molecule has 0 aliphatic carbocycles. The van der Waals surface area contributed by atoms with E-state index in [2.05, 4.69) is 31.1 Å². The standard InChI is InChI=1S/C35H36ClN3O6/c1-6-35(4,5)18-27-33(44-20-40)32(25-16-15-24(17-26(25)36)43-19-23-11-8-7-9-12-23)39(28-13-10-14-29(41)31(28)38-27)34(42)30-21(2)45-22(3)37-30/h7-17,20,32,38,41H,6,18-19H2,1-5H3. The molecular weight excluding hydrogens is 594 g/mol. The number of nitrogens with one attached hydrogen (secondary N) is 1. The molecule has 1 aromatic heterocycles. The summed E-state index contributed by atoms with van der Waals surface area (Å²) in [5.41, 5.74) is 2.43. The molecule has 4 aromatic rings. The van der Waals surface area contributed by atoms with Crippen LogP contribution >= 0.6 is 11.6 Å². The number of benzene rings is 3. The van der Waals surface area contributed by atoms with Gasteiger partial charge in [-0.25, -0.2) is 4.98 Å². The summed E-state index contributed by atoms with van der Waals surface area (Å²) < 4.78 is 17.4. The molecule has 2 N–H and O–H groups in total. The number of hydrogen-bond donors (Lipinski definition) is 2. The SMILES string of the molecule is CCC(C)(C)CC1=C(OC=O)C(c2ccc(OCc3ccccc3)cc2Cl)N(C(=O)c2nc(C)oc2C)c2cccc(O)c2N1. The molecule has 2 heterocycles. The summed E-state index contributed by atoms with van der Waals surface area (Å²) in [4.78, 5) is 32.5. The smallest absolute Gasteiger partial charge is 0.298 e. The molecule has 5 rings (SSSR count). The Morgan fingerprint density at radius 2 is 1.89 bits per heavy atom. The minimum atomic E-state index is -1.05. The highest BCUT2D eigenvalue weighted by Crippen LogP contribution is 2.49. The van der Waals surface area contributed by atoms with E-state index < -0.39 is 11.9 Å². The number of hydrogen-bond acceptors (Lipinski definition) is 8. The van der Waals surface area contributed by atoms with Crippen molar-refractivity contribution in [3.05, 3.63) is 112 Å². The number of para-hydroxylation sites is 1. The molecule has 234 valence electrons. The van der Waals surface area contributed by atoms with Gasteiger partial charge in [-0.05, 0) is 48.6 Å². The lowest BCUT2D eigenvalue weighted by Gasteiger charge is -2.33. The maximum atomic E-state index is 14.5. The van der Waals surface area contributed by atoms with Crippen LogP contribution in [0, 0.1) is 19.3 Å². The Bertz CT molecular complexity index is 1750. The minimum Gasteiger partial charge on any atom is -0.506 e. The Morgan fingerprint density at radius 3 is 2.53 bits per heavy atom. The van der Waals surface area contributed by atoms with Crippen LogP contribution in [0.25, 0.3) is 0 Å². The molecule has 1 unspecified atom stereocenters. The zero-order valence-corrected chi connectivity index (χ0v) is 26.6. The molecule has 1 aliphatic rings. The zero-order chi connectivity index (χ0) is 32.3. The summed E-state index contributed by atoms with van der Waals surface area (Å²) in [7, 11) is 0. The summed E-state index contributed by atoms with van der Waals surface area (Å²) in [6.45, 7) is 10.2. The third kappa shape index (κ3) is 6.68. The van der Waals surface area contributed by atoms with Crippen LogP contribution in [0.15, 0.2) is 82.6 Å². The van der Waals surface area contributed by atoms with Crippen molar-refractivity contribution in [3.63, 3.8) is 0 Å². The van der Waals surface area contributed by atoms with E-state index in [0.29, 0.717) is 53.8 Å². The average Bonchev–Trinajstić information content (AvgIpc) is 3.30. The Balaban J connectivity index is 1.72. The van der Waals surface area contributed by atoms with E-state index in [0.717, 1.165) is 12.0 Å². The number of halogens is 1. The van der Waals surface area contributed by atoms with Crippen LogP contribution in [0.3, 0.4) is 0 Å². The number of ether oxygens (including phenoxy) is 2. The van der Waals surface area contributed by atoms with Gasteiger partial charge in [-0.2, -0.15) is 0 Å². The van der Waals surface area contributed by atoms with Crippen molar-refractivity contribution in [2.45, 2.75) is 60.1 Å². The summed E-state index contributed by atoms with van der Waals surface area (Å²) in [5.74, 6) is 0.693. The van der Waals surface area contributed by atoms with Gasteiger partial charge < -0.3 is 24.3 Å². The lowest BCUT2D eigenvalue weighted by Crippen LogP contribution is -2.37. The third-order valence-electron chi connectivity index (χ3n) is 7.99. The van der Waals surface area contributed by atoms with E-state index in [9.17, 15) is 14.7 Å². The van der Waals surface area contributed by atoms with Gasteiger partial charge in [-0.15, -0.1) is 0 Å². The topological polar surface area (TPSA) is 114 Å². The molecule has 1 atom stereocenters. The monoisotopic (exact) mass is 629 g/mol. The predicted octanol–water partition coefficient (Wildman–Crippen LogP) is 8.25. The molecule has 1 aliphatic heterocycles. The Hall–Kier alpha value is -4.76. The van der Waals surface area contributed by atoms with Crippen molar-refractivity contribution in [1.29, 1.82) is 0 Å². The molecule has 0 spiro atoms. The van der Waals surface area contributed by atoms with Crippen LogP contribution in [0.2, 0.25) is 5.02 Å². The van der Waals surface area contributed by atoms with Crippen molar-refractivity contribution in [2.75, 3.05) is 10.2 Å². The van der Waals surface area contributed by atoms with Crippen LogP contribution in [0.1, 0.15) is 72.9 Å². The van der Waals surface area contributed by atoms with Crippen molar-refractivity contribution in [1.82, 2.24) is 4.98 Å². The molecule has 0 saturated heterocycles. The second kappa shape index (κ2) is 13.1. The number of allylic oxidation sites excluding steroid dienone is 1. The van der Waals surface area contributed by atoms with Gasteiger partial charge in [0.15, 0.2) is 17.3 Å². The Morgan fingerprint density at radius 1 is 1.13 bits per heavy atom. The fraction of sp³-hybridized carbons (Fsp3) is 0.286. The van der Waals surface area contributed by atoms with Crippen LogP contribution in [-0.4, -0.2) is 22.5 Å². The second-order valence-corrected chi connectivity index (χ2v) is 12.1. The number of amides is 1. The molecule has 0 bridgehead atoms. The van der Waals surface area contributed by atoms with Gasteiger partial charge in [0.1, 0.15) is 35.6 Å². The number of phenols is 1. The van der Waals surface area contributed by atoms with Crippen LogP contribution in [0.5, 0.6) is 11.5 Å². The first-order chi connectivity index (χ1) is 21.5. The maximum absolute atomic E-state index is 14.5. The highest BCUT2D eigenvalue weighted by Gasteiger charge is 2.41. The Kier molecular flexibility index (Phi) is 9.20. The van der Waals surface area contributed by atoms with E-state index in [1.807, 2.05) is 30.3 Å². The number of phenolic OH excluding ortho intramolecular Hbond substituents is 1. The predicted molar refractivity (Wildman–Crippen MR) is 172 cm³/mol. The first-order valence-corrected chi connectivity index (χ1v) is 15.1. The van der Waals surface area contributed by atoms with Crippen LogP contribution < -0.4 is 15.0 Å². The van der Waals surface area contributed by atoms with Crippen molar-refractivity contribution in [2.24, 2.45) is 5.41 Å². The number of fused-ring (bicyclic) bond motifs is 1. The minimum absolute atomic E-state index is 0.0773. The number of carbonyl (C=O) groups is 2. The molecule has 10 heteroatoms. The number of rotatable bonds is 10. The third-order valence-corrected chi connectivity index (χ3v) is 8.31. The highest BCUT2D eigenvalue weighted by atomic mass is 35.5. The van der Waals surface area contributed by atoms with Crippen LogP contribution in [0.4, 0.5) is 11.4 Å². The van der Waals surface area contributed by atoms with Crippen molar-refractivity contribution >= 4 is 35.4 Å².